The Balaban J connectivity index is 1.85. The van der Waals surface area contributed by atoms with E-state index in [4.69, 9.17) is 0 Å². The molecule has 2 rings (SSSR count). The molecule has 1 N–H and O–H groups in total. The molecule has 1 unspecified atom stereocenters. The quantitative estimate of drug-likeness (QED) is 0.743. The average Bonchev–Trinajstić information content (AvgIpc) is 2.86. The van der Waals surface area contributed by atoms with Crippen molar-refractivity contribution in [2.45, 2.75) is 44.7 Å². The minimum absolute atomic E-state index is 0.475. The fourth-order valence-electron chi connectivity index (χ4n) is 1.66. The third-order valence-electron chi connectivity index (χ3n) is 2.65. The normalized spacial score (nSPS) is 18.4. The number of hydrogen-bond donors (Lipinski definition) is 1. The van der Waals surface area contributed by atoms with E-state index in [1.54, 1.807) is 6.33 Å². The molecule has 4 heteroatoms. The van der Waals surface area contributed by atoms with Crippen molar-refractivity contribution in [2.75, 3.05) is 6.54 Å². The summed E-state index contributed by atoms with van der Waals surface area (Å²) in [5, 5.41) is 7.74. The van der Waals surface area contributed by atoms with Gasteiger partial charge in [0.2, 0.25) is 0 Å². The van der Waals surface area contributed by atoms with E-state index in [0.717, 1.165) is 12.6 Å². The summed E-state index contributed by atoms with van der Waals surface area (Å²) in [6.07, 6.45) is 8.47. The van der Waals surface area contributed by atoms with Gasteiger partial charge >= 0.3 is 0 Å². The first-order chi connectivity index (χ1) is 6.90. The van der Waals surface area contributed by atoms with Gasteiger partial charge in [0.15, 0.2) is 0 Å². The minimum Gasteiger partial charge on any atom is -0.312 e. The Kier molecular flexibility index (Phi) is 3.14. The standard InChI is InChI=1S/C10H18N4/c1-2-3-10(6-12-9-4-5-9)14-8-11-7-13-14/h7-10,12H,2-6H2,1H3. The van der Waals surface area contributed by atoms with Gasteiger partial charge in [0.05, 0.1) is 6.04 Å². The molecule has 1 atom stereocenters. The third-order valence-corrected chi connectivity index (χ3v) is 2.65. The molecule has 1 aromatic rings. The van der Waals surface area contributed by atoms with Gasteiger partial charge in [-0.3, -0.25) is 0 Å². The number of aromatic nitrogens is 3. The summed E-state index contributed by atoms with van der Waals surface area (Å²) >= 11 is 0. The summed E-state index contributed by atoms with van der Waals surface area (Å²) in [6.45, 7) is 3.24. The molecule has 1 saturated carbocycles. The first-order valence-corrected chi connectivity index (χ1v) is 5.47. The van der Waals surface area contributed by atoms with Gasteiger partial charge in [-0.15, -0.1) is 0 Å². The molecule has 0 aliphatic heterocycles. The maximum absolute atomic E-state index is 4.20. The fourth-order valence-corrected chi connectivity index (χ4v) is 1.66. The molecule has 0 saturated heterocycles. The van der Waals surface area contributed by atoms with E-state index in [0.29, 0.717) is 6.04 Å². The van der Waals surface area contributed by atoms with Crippen LogP contribution in [0.1, 0.15) is 38.6 Å². The van der Waals surface area contributed by atoms with Gasteiger partial charge in [0.25, 0.3) is 0 Å². The van der Waals surface area contributed by atoms with Crippen LogP contribution < -0.4 is 5.32 Å². The molecule has 0 amide bonds. The van der Waals surface area contributed by atoms with E-state index >= 15 is 0 Å². The molecule has 0 bridgehead atoms. The van der Waals surface area contributed by atoms with Crippen molar-refractivity contribution in [3.63, 3.8) is 0 Å². The molecule has 1 aliphatic rings. The van der Waals surface area contributed by atoms with Gasteiger partial charge in [-0.2, -0.15) is 5.10 Å². The van der Waals surface area contributed by atoms with Gasteiger partial charge < -0.3 is 5.32 Å². The van der Waals surface area contributed by atoms with Crippen LogP contribution in [0.25, 0.3) is 0 Å². The molecule has 1 aliphatic carbocycles. The van der Waals surface area contributed by atoms with Gasteiger partial charge in [-0.1, -0.05) is 13.3 Å². The van der Waals surface area contributed by atoms with Gasteiger partial charge in [-0.05, 0) is 19.3 Å². The molecule has 1 heterocycles. The summed E-state index contributed by atoms with van der Waals surface area (Å²) in [5.74, 6) is 0. The summed E-state index contributed by atoms with van der Waals surface area (Å²) in [7, 11) is 0. The first-order valence-electron chi connectivity index (χ1n) is 5.47. The highest BCUT2D eigenvalue weighted by Gasteiger charge is 2.22. The van der Waals surface area contributed by atoms with Crippen LogP contribution in [0, 0.1) is 0 Å². The monoisotopic (exact) mass is 194 g/mol. The number of hydrogen-bond acceptors (Lipinski definition) is 3. The third kappa shape index (κ3) is 2.54. The highest BCUT2D eigenvalue weighted by atomic mass is 15.3. The summed E-state index contributed by atoms with van der Waals surface area (Å²) in [4.78, 5) is 3.99. The zero-order valence-electron chi connectivity index (χ0n) is 8.69. The number of rotatable bonds is 6. The van der Waals surface area contributed by atoms with Crippen LogP contribution in [-0.2, 0) is 0 Å². The Hall–Kier alpha value is -0.900. The molecular weight excluding hydrogens is 176 g/mol. The van der Waals surface area contributed by atoms with Crippen LogP contribution in [0.3, 0.4) is 0 Å². The van der Waals surface area contributed by atoms with Crippen molar-refractivity contribution in [1.82, 2.24) is 20.1 Å². The zero-order chi connectivity index (χ0) is 9.80. The summed E-state index contributed by atoms with van der Waals surface area (Å²) in [5.41, 5.74) is 0. The maximum atomic E-state index is 4.20. The largest absolute Gasteiger partial charge is 0.312 e. The Morgan fingerprint density at radius 3 is 3.00 bits per heavy atom. The van der Waals surface area contributed by atoms with Crippen LogP contribution in [0.5, 0.6) is 0 Å². The second kappa shape index (κ2) is 4.55. The molecule has 4 nitrogen and oxygen atoms in total. The fraction of sp³-hybridized carbons (Fsp3) is 0.800. The molecular formula is C10H18N4. The Morgan fingerprint density at radius 2 is 2.43 bits per heavy atom. The van der Waals surface area contributed by atoms with E-state index in [9.17, 15) is 0 Å². The maximum Gasteiger partial charge on any atom is 0.137 e. The van der Waals surface area contributed by atoms with Crippen LogP contribution in [0.2, 0.25) is 0 Å². The smallest absolute Gasteiger partial charge is 0.137 e. The van der Waals surface area contributed by atoms with Crippen LogP contribution >= 0.6 is 0 Å². The molecule has 0 aromatic carbocycles. The predicted molar refractivity (Wildman–Crippen MR) is 55.0 cm³/mol. The molecule has 0 radical (unpaired) electrons. The molecule has 0 spiro atoms. The average molecular weight is 194 g/mol. The van der Waals surface area contributed by atoms with Crippen molar-refractivity contribution in [3.05, 3.63) is 12.7 Å². The zero-order valence-corrected chi connectivity index (χ0v) is 8.69. The van der Waals surface area contributed by atoms with Crippen molar-refractivity contribution in [3.8, 4) is 0 Å². The van der Waals surface area contributed by atoms with E-state index < -0.39 is 0 Å². The van der Waals surface area contributed by atoms with Crippen molar-refractivity contribution < 1.29 is 0 Å². The summed E-state index contributed by atoms with van der Waals surface area (Å²) < 4.78 is 1.97. The van der Waals surface area contributed by atoms with Crippen LogP contribution in [-0.4, -0.2) is 27.4 Å². The molecule has 78 valence electrons. The molecule has 1 fully saturated rings. The van der Waals surface area contributed by atoms with E-state index in [1.807, 2.05) is 11.0 Å². The van der Waals surface area contributed by atoms with E-state index in [2.05, 4.69) is 22.3 Å². The lowest BCUT2D eigenvalue weighted by molar-refractivity contribution is 0.393. The van der Waals surface area contributed by atoms with Crippen LogP contribution in [0.15, 0.2) is 12.7 Å². The topological polar surface area (TPSA) is 42.7 Å². The van der Waals surface area contributed by atoms with Gasteiger partial charge in [0.1, 0.15) is 12.7 Å². The second-order valence-corrected chi connectivity index (χ2v) is 4.00. The Morgan fingerprint density at radius 1 is 1.57 bits per heavy atom. The number of nitrogens with one attached hydrogen (secondary N) is 1. The lowest BCUT2D eigenvalue weighted by atomic mass is 10.2. The van der Waals surface area contributed by atoms with Crippen molar-refractivity contribution in [2.24, 2.45) is 0 Å². The predicted octanol–water partition coefficient (Wildman–Crippen LogP) is 1.37. The summed E-state index contributed by atoms with van der Waals surface area (Å²) in [6, 6.07) is 1.25. The second-order valence-electron chi connectivity index (χ2n) is 4.00. The lowest BCUT2D eigenvalue weighted by Crippen LogP contribution is -2.27. The minimum atomic E-state index is 0.475. The number of nitrogens with zero attached hydrogens (tertiary/aromatic N) is 3. The van der Waals surface area contributed by atoms with Gasteiger partial charge in [-0.25, -0.2) is 9.67 Å². The highest BCUT2D eigenvalue weighted by molar-refractivity contribution is 4.83. The first kappa shape index (κ1) is 9.65. The lowest BCUT2D eigenvalue weighted by Gasteiger charge is -2.16. The van der Waals surface area contributed by atoms with Crippen molar-refractivity contribution >= 4 is 0 Å². The van der Waals surface area contributed by atoms with E-state index in [1.165, 1.54) is 25.7 Å². The Labute approximate surface area is 84.7 Å². The Bertz CT molecular complexity index is 253. The van der Waals surface area contributed by atoms with Crippen LogP contribution in [0.4, 0.5) is 0 Å². The van der Waals surface area contributed by atoms with Gasteiger partial charge in [0, 0.05) is 12.6 Å². The molecule has 14 heavy (non-hydrogen) atoms. The molecule has 1 aromatic heterocycles. The SMILES string of the molecule is CCCC(CNC1CC1)n1cncn1. The van der Waals surface area contributed by atoms with Crippen molar-refractivity contribution in [1.29, 1.82) is 0 Å². The highest BCUT2D eigenvalue weighted by Crippen LogP contribution is 2.20. The van der Waals surface area contributed by atoms with E-state index in [-0.39, 0.29) is 0 Å².